The Labute approximate surface area is 597 Å². The maximum atomic E-state index is 13.4. The minimum absolute atomic E-state index is 0.209. The van der Waals surface area contributed by atoms with Gasteiger partial charge in [-0.25, -0.2) is 0 Å². The van der Waals surface area contributed by atoms with Gasteiger partial charge >= 0.3 is 0 Å². The number of amides is 1. The first-order valence-electron chi connectivity index (χ1n) is 39.3. The third-order valence-corrected chi connectivity index (χ3v) is 19.2. The summed E-state index contributed by atoms with van der Waals surface area (Å²) in [5.74, 6) is -0.305. The summed E-state index contributed by atoms with van der Waals surface area (Å²) in [5.41, 5.74) is 0. The average molecular weight is 1400 g/mol. The van der Waals surface area contributed by atoms with E-state index in [9.17, 15) is 61.0 Å². The van der Waals surface area contributed by atoms with Crippen molar-refractivity contribution in [1.82, 2.24) is 5.32 Å². The number of nitrogens with one attached hydrogen (secondary N) is 1. The van der Waals surface area contributed by atoms with E-state index in [1.165, 1.54) is 167 Å². The number of carbonyl (C=O) groups is 1. The van der Waals surface area contributed by atoms with Crippen molar-refractivity contribution >= 4 is 5.91 Å². The molecule has 17 atom stereocenters. The number of hydrogen-bond donors (Lipinski definition) is 12. The zero-order valence-corrected chi connectivity index (χ0v) is 61.2. The van der Waals surface area contributed by atoms with E-state index >= 15 is 0 Å². The van der Waals surface area contributed by atoms with Crippen molar-refractivity contribution in [2.45, 2.75) is 388 Å². The molecule has 3 fully saturated rings. The van der Waals surface area contributed by atoms with Gasteiger partial charge in [0.2, 0.25) is 5.91 Å². The Hall–Kier alpha value is -3.03. The third-order valence-electron chi connectivity index (χ3n) is 19.2. The molecule has 1 amide bonds. The molecule has 3 rings (SSSR count). The van der Waals surface area contributed by atoms with Gasteiger partial charge in [-0.3, -0.25) is 4.79 Å². The van der Waals surface area contributed by atoms with E-state index in [0.29, 0.717) is 12.8 Å². The quantitative estimate of drug-likeness (QED) is 0.0199. The molecule has 0 spiro atoms. The van der Waals surface area contributed by atoms with Crippen molar-refractivity contribution < 1.29 is 89.4 Å². The number of hydrogen-bond acceptors (Lipinski definition) is 18. The molecule has 3 saturated heterocycles. The van der Waals surface area contributed by atoms with E-state index in [4.69, 9.17) is 28.4 Å². The number of unbranched alkanes of at least 4 members (excludes halogenated alkanes) is 33. The fourth-order valence-electron chi connectivity index (χ4n) is 12.9. The Bertz CT molecular complexity index is 2120. The summed E-state index contributed by atoms with van der Waals surface area (Å²) in [6.45, 7) is 1.61. The van der Waals surface area contributed by atoms with Gasteiger partial charge in [0.1, 0.15) is 73.2 Å². The SMILES string of the molecule is CC/C=C\C/C=C\C/C=C\C/C=C\C/C=C\CCCCCCCC(=O)NC(COC1OC(CO)C(OC2OC(CO)C(OC3OC(CO)C(O)C(O)C3O)C(O)C2O)C(O)C1O)C(O)/C=C/CC/C=C/CCCCCCCCCCCCCCCCCCCCCCCCCCCCC. The summed E-state index contributed by atoms with van der Waals surface area (Å²) in [6.07, 6.45) is 53.0. The fraction of sp³-hybridized carbons (Fsp3) is 0.812. The van der Waals surface area contributed by atoms with E-state index in [2.05, 4.69) is 92.1 Å². The van der Waals surface area contributed by atoms with Gasteiger partial charge in [-0.05, 0) is 77.0 Å². The van der Waals surface area contributed by atoms with Crippen LogP contribution >= 0.6 is 0 Å². The van der Waals surface area contributed by atoms with Crippen molar-refractivity contribution in [3.63, 3.8) is 0 Å². The second kappa shape index (κ2) is 60.3. The molecule has 0 aromatic heterocycles. The molecule has 99 heavy (non-hydrogen) atoms. The van der Waals surface area contributed by atoms with Crippen molar-refractivity contribution in [2.75, 3.05) is 26.4 Å². The predicted octanol–water partition coefficient (Wildman–Crippen LogP) is 12.6. The smallest absolute Gasteiger partial charge is 0.220 e. The number of rotatable bonds is 61. The first-order valence-corrected chi connectivity index (χ1v) is 39.3. The summed E-state index contributed by atoms with van der Waals surface area (Å²) < 4.78 is 34.4. The Morgan fingerprint density at radius 2 is 0.707 bits per heavy atom. The highest BCUT2D eigenvalue weighted by atomic mass is 16.8. The van der Waals surface area contributed by atoms with Gasteiger partial charge in [0.25, 0.3) is 0 Å². The van der Waals surface area contributed by atoms with Crippen LogP contribution in [0.5, 0.6) is 0 Å². The van der Waals surface area contributed by atoms with Gasteiger partial charge < -0.3 is 89.9 Å². The molecule has 3 heterocycles. The standard InChI is InChI=1S/C80H141NO18/c1-3-5-7-9-11-13-15-17-19-21-23-25-26-27-28-29-30-31-32-33-34-35-36-38-39-41-43-45-47-49-51-53-55-57-64(85)63(81-68(86)58-56-54-52-50-48-46-44-42-40-37-24-22-20-18-16-14-12-10-8-6-4-2)62-94-78-74(92)71(89)76(66(60-83)96-78)99-80-75(93)72(90)77(67(61-84)97-80)98-79-73(91)70(88)69(87)65(59-82)95-79/h6,8,12,14,18,20,24,37,42,44,47,49,55,57,63-67,69-80,82-85,87-93H,3-5,7,9-11,13,15-17,19,21-23,25-36,38-41,43,45-46,48,50-54,56,58-62H2,1-2H3,(H,81,86)/b8-6-,14-12-,20-18-,37-24-,44-42-,49-47+,57-55+. The highest BCUT2D eigenvalue weighted by Gasteiger charge is 2.53. The number of allylic oxidation sites excluding steroid dienone is 13. The van der Waals surface area contributed by atoms with Crippen LogP contribution in [0.2, 0.25) is 0 Å². The molecule has 17 unspecified atom stereocenters. The number of aliphatic hydroxyl groups excluding tert-OH is 11. The third kappa shape index (κ3) is 40.7. The molecule has 0 aromatic carbocycles. The largest absolute Gasteiger partial charge is 0.394 e. The molecule has 0 saturated carbocycles. The fourth-order valence-corrected chi connectivity index (χ4v) is 12.9. The zero-order valence-electron chi connectivity index (χ0n) is 61.2. The molecule has 574 valence electrons. The number of carbonyl (C=O) groups excluding carboxylic acids is 1. The topological polar surface area (TPSA) is 307 Å². The molecular weight excluding hydrogens is 1260 g/mol. The summed E-state index contributed by atoms with van der Waals surface area (Å²) in [6, 6.07) is -1.01. The van der Waals surface area contributed by atoms with Gasteiger partial charge in [-0.2, -0.15) is 0 Å². The van der Waals surface area contributed by atoms with E-state index in [1.54, 1.807) is 6.08 Å². The first kappa shape index (κ1) is 90.2. The molecule has 3 aliphatic rings. The highest BCUT2D eigenvalue weighted by Crippen LogP contribution is 2.33. The minimum atomic E-state index is -1.99. The molecular formula is C80H141NO18. The Kier molecular flexibility index (Phi) is 54.9. The summed E-state index contributed by atoms with van der Waals surface area (Å²) >= 11 is 0. The molecule has 0 bridgehead atoms. The van der Waals surface area contributed by atoms with Crippen molar-refractivity contribution in [3.8, 4) is 0 Å². The van der Waals surface area contributed by atoms with Crippen molar-refractivity contribution in [2.24, 2.45) is 0 Å². The maximum Gasteiger partial charge on any atom is 0.220 e. The van der Waals surface area contributed by atoms with Gasteiger partial charge in [-0.15, -0.1) is 0 Å². The van der Waals surface area contributed by atoms with E-state index in [1.807, 2.05) is 6.08 Å². The second-order valence-electron chi connectivity index (χ2n) is 27.8. The van der Waals surface area contributed by atoms with Crippen LogP contribution in [-0.2, 0) is 33.2 Å². The summed E-state index contributed by atoms with van der Waals surface area (Å²) in [4.78, 5) is 13.4. The predicted molar refractivity (Wildman–Crippen MR) is 392 cm³/mol. The molecule has 0 aromatic rings. The molecule has 3 aliphatic heterocycles. The van der Waals surface area contributed by atoms with Crippen LogP contribution in [0.25, 0.3) is 0 Å². The first-order chi connectivity index (χ1) is 48.3. The van der Waals surface area contributed by atoms with E-state index in [0.717, 1.165) is 83.5 Å². The highest BCUT2D eigenvalue weighted by molar-refractivity contribution is 5.76. The van der Waals surface area contributed by atoms with E-state index in [-0.39, 0.29) is 18.9 Å². The van der Waals surface area contributed by atoms with Crippen LogP contribution in [0.3, 0.4) is 0 Å². The molecule has 19 heteroatoms. The lowest BCUT2D eigenvalue weighted by Crippen LogP contribution is -2.66. The van der Waals surface area contributed by atoms with Crippen molar-refractivity contribution in [3.05, 3.63) is 85.1 Å². The molecule has 12 N–H and O–H groups in total. The molecule has 0 aliphatic carbocycles. The summed E-state index contributed by atoms with van der Waals surface area (Å²) in [5, 5.41) is 121. The summed E-state index contributed by atoms with van der Waals surface area (Å²) in [7, 11) is 0. The number of ether oxygens (including phenoxy) is 6. The van der Waals surface area contributed by atoms with Crippen molar-refractivity contribution in [1.29, 1.82) is 0 Å². The molecule has 0 radical (unpaired) electrons. The molecule has 19 nitrogen and oxygen atoms in total. The Balaban J connectivity index is 1.39. The Morgan fingerprint density at radius 3 is 1.13 bits per heavy atom. The second-order valence-corrected chi connectivity index (χ2v) is 27.8. The average Bonchev–Trinajstić information content (AvgIpc) is 0.784. The normalized spacial score (nSPS) is 27.1. The van der Waals surface area contributed by atoms with Crippen LogP contribution < -0.4 is 5.32 Å². The van der Waals surface area contributed by atoms with Gasteiger partial charge in [0, 0.05) is 6.42 Å². The van der Waals surface area contributed by atoms with Gasteiger partial charge in [0.05, 0.1) is 38.6 Å². The lowest BCUT2D eigenvalue weighted by molar-refractivity contribution is -0.379. The Morgan fingerprint density at radius 1 is 0.374 bits per heavy atom. The van der Waals surface area contributed by atoms with Gasteiger partial charge in [-0.1, -0.05) is 285 Å². The lowest BCUT2D eigenvalue weighted by atomic mass is 9.96. The zero-order chi connectivity index (χ0) is 71.8. The van der Waals surface area contributed by atoms with Crippen LogP contribution in [0.4, 0.5) is 0 Å². The lowest BCUT2D eigenvalue weighted by Gasteiger charge is -2.48. The van der Waals surface area contributed by atoms with Crippen LogP contribution in [0.15, 0.2) is 85.1 Å². The minimum Gasteiger partial charge on any atom is -0.394 e. The van der Waals surface area contributed by atoms with Crippen LogP contribution in [0.1, 0.15) is 284 Å². The van der Waals surface area contributed by atoms with Crippen LogP contribution in [-0.4, -0.2) is 193 Å². The number of aliphatic hydroxyl groups is 11. The monoisotopic (exact) mass is 1400 g/mol. The van der Waals surface area contributed by atoms with Crippen LogP contribution in [0, 0.1) is 0 Å². The maximum absolute atomic E-state index is 13.4. The van der Waals surface area contributed by atoms with E-state index < -0.39 is 124 Å². The van der Waals surface area contributed by atoms with Gasteiger partial charge in [0.15, 0.2) is 18.9 Å².